The highest BCUT2D eigenvalue weighted by molar-refractivity contribution is 5.95. The van der Waals surface area contributed by atoms with E-state index in [1.165, 1.54) is 19.3 Å². The zero-order valence-corrected chi connectivity index (χ0v) is 19.4. The van der Waals surface area contributed by atoms with E-state index in [-0.39, 0.29) is 17.7 Å². The van der Waals surface area contributed by atoms with Gasteiger partial charge in [-0.1, -0.05) is 13.3 Å². The van der Waals surface area contributed by atoms with Gasteiger partial charge in [0.15, 0.2) is 0 Å². The van der Waals surface area contributed by atoms with Crippen LogP contribution in [0.4, 0.5) is 5.82 Å². The van der Waals surface area contributed by atoms with Crippen LogP contribution < -0.4 is 4.90 Å². The van der Waals surface area contributed by atoms with Crippen molar-refractivity contribution in [2.75, 3.05) is 37.6 Å². The van der Waals surface area contributed by atoms with Crippen molar-refractivity contribution < 1.29 is 9.59 Å². The van der Waals surface area contributed by atoms with Crippen molar-refractivity contribution in [1.82, 2.24) is 19.8 Å². The van der Waals surface area contributed by atoms with Crippen molar-refractivity contribution in [3.05, 3.63) is 17.1 Å². The van der Waals surface area contributed by atoms with E-state index in [2.05, 4.69) is 18.7 Å². The minimum Gasteiger partial charge on any atom is -0.342 e. The van der Waals surface area contributed by atoms with E-state index in [0.717, 1.165) is 68.2 Å². The maximum Gasteiger partial charge on any atom is 0.236 e. The number of hydrogen-bond acceptors (Lipinski definition) is 5. The molecule has 0 aliphatic carbocycles. The monoisotopic (exact) mass is 427 g/mol. The summed E-state index contributed by atoms with van der Waals surface area (Å²) in [4.78, 5) is 41.3. The molecule has 3 aliphatic rings. The Bertz CT molecular complexity index is 818. The topological polar surface area (TPSA) is 69.6 Å². The molecule has 0 bridgehead atoms. The maximum absolute atomic E-state index is 12.9. The molecule has 170 valence electrons. The highest BCUT2D eigenvalue weighted by Crippen LogP contribution is 2.32. The molecule has 0 N–H and O–H groups in total. The number of amides is 2. The predicted molar refractivity (Wildman–Crippen MR) is 121 cm³/mol. The Morgan fingerprint density at radius 3 is 2.55 bits per heavy atom. The van der Waals surface area contributed by atoms with Crippen LogP contribution in [0.1, 0.15) is 81.8 Å². The lowest BCUT2D eigenvalue weighted by atomic mass is 9.94. The Balaban J connectivity index is 1.41. The van der Waals surface area contributed by atoms with Crippen LogP contribution >= 0.6 is 0 Å². The van der Waals surface area contributed by atoms with Gasteiger partial charge in [-0.25, -0.2) is 9.97 Å². The minimum atomic E-state index is 0.172. The van der Waals surface area contributed by atoms with Crippen LogP contribution in [0.15, 0.2) is 0 Å². The molecule has 31 heavy (non-hydrogen) atoms. The number of rotatable bonds is 5. The van der Waals surface area contributed by atoms with Gasteiger partial charge in [0, 0.05) is 49.3 Å². The molecule has 0 aromatic carbocycles. The molecule has 7 heteroatoms. The normalized spacial score (nSPS) is 23.2. The standard InChI is InChI=1S/C24H37N5O2/c1-4-12-29-21(30)9-8-20-18(3)25-23(26-24(20)29)19-10-14-27(15-11-19)22(31)16-28-13-6-5-7-17(28)2/h17,19H,4-16H2,1-3H3/t17-/m1/s1. The first-order valence-electron chi connectivity index (χ1n) is 12.2. The van der Waals surface area contributed by atoms with Crippen LogP contribution in [0.25, 0.3) is 0 Å². The summed E-state index contributed by atoms with van der Waals surface area (Å²) in [5, 5.41) is 0. The SMILES string of the molecule is CCCN1C(=O)CCc2c(C)nc(C3CCN(C(=O)CN4CCCC[C@H]4C)CC3)nc21. The van der Waals surface area contributed by atoms with Crippen molar-refractivity contribution >= 4 is 17.6 Å². The van der Waals surface area contributed by atoms with Gasteiger partial charge in [-0.05, 0) is 58.9 Å². The molecule has 2 fully saturated rings. The molecule has 1 aromatic heterocycles. The smallest absolute Gasteiger partial charge is 0.236 e. The molecule has 4 heterocycles. The lowest BCUT2D eigenvalue weighted by Crippen LogP contribution is -2.47. The summed E-state index contributed by atoms with van der Waals surface area (Å²) in [7, 11) is 0. The largest absolute Gasteiger partial charge is 0.342 e. The minimum absolute atomic E-state index is 0.172. The highest BCUT2D eigenvalue weighted by Gasteiger charge is 2.31. The zero-order chi connectivity index (χ0) is 22.0. The van der Waals surface area contributed by atoms with Crippen LogP contribution in [0.3, 0.4) is 0 Å². The molecular weight excluding hydrogens is 390 g/mol. The van der Waals surface area contributed by atoms with Crippen LogP contribution in [-0.2, 0) is 16.0 Å². The number of aromatic nitrogens is 2. The number of aryl methyl sites for hydroxylation is 1. The van der Waals surface area contributed by atoms with Crippen molar-refractivity contribution in [2.24, 2.45) is 0 Å². The average Bonchev–Trinajstić information content (AvgIpc) is 2.77. The zero-order valence-electron chi connectivity index (χ0n) is 19.4. The van der Waals surface area contributed by atoms with Gasteiger partial charge in [0.25, 0.3) is 0 Å². The summed E-state index contributed by atoms with van der Waals surface area (Å²) in [6, 6.07) is 0.510. The molecule has 4 rings (SSSR count). The van der Waals surface area contributed by atoms with E-state index in [1.807, 2.05) is 16.7 Å². The summed E-state index contributed by atoms with van der Waals surface area (Å²) in [5.41, 5.74) is 2.13. The second-order valence-electron chi connectivity index (χ2n) is 9.49. The van der Waals surface area contributed by atoms with E-state index >= 15 is 0 Å². The third kappa shape index (κ3) is 4.76. The van der Waals surface area contributed by atoms with Crippen molar-refractivity contribution in [1.29, 1.82) is 0 Å². The van der Waals surface area contributed by atoms with Crippen LogP contribution in [0, 0.1) is 6.92 Å². The Hall–Kier alpha value is -2.02. The molecule has 2 saturated heterocycles. The molecule has 0 radical (unpaired) electrons. The van der Waals surface area contributed by atoms with Gasteiger partial charge >= 0.3 is 0 Å². The Morgan fingerprint density at radius 1 is 1.06 bits per heavy atom. The van der Waals surface area contributed by atoms with E-state index in [0.29, 0.717) is 25.6 Å². The Morgan fingerprint density at radius 2 is 1.84 bits per heavy atom. The molecule has 1 atom stereocenters. The summed E-state index contributed by atoms with van der Waals surface area (Å²) in [6.45, 7) is 10.2. The first kappa shape index (κ1) is 22.2. The number of carbonyl (C=O) groups excluding carboxylic acids is 2. The molecule has 7 nitrogen and oxygen atoms in total. The van der Waals surface area contributed by atoms with Crippen LogP contribution in [0.5, 0.6) is 0 Å². The van der Waals surface area contributed by atoms with E-state index in [1.54, 1.807) is 0 Å². The predicted octanol–water partition coefficient (Wildman–Crippen LogP) is 3.05. The van der Waals surface area contributed by atoms with Crippen molar-refractivity contribution in [3.8, 4) is 0 Å². The van der Waals surface area contributed by atoms with Crippen LogP contribution in [-0.4, -0.2) is 70.3 Å². The fourth-order valence-corrected chi connectivity index (χ4v) is 5.29. The van der Waals surface area contributed by atoms with Gasteiger partial charge in [-0.15, -0.1) is 0 Å². The fraction of sp³-hybridized carbons (Fsp3) is 0.750. The van der Waals surface area contributed by atoms with Gasteiger partial charge in [0.2, 0.25) is 11.8 Å². The van der Waals surface area contributed by atoms with Crippen LogP contribution in [0.2, 0.25) is 0 Å². The molecule has 3 aliphatic heterocycles. The molecule has 0 unspecified atom stereocenters. The molecule has 0 spiro atoms. The molecular formula is C24H37N5O2. The number of carbonyl (C=O) groups is 2. The lowest BCUT2D eigenvalue weighted by Gasteiger charge is -2.37. The number of likely N-dealkylation sites (tertiary alicyclic amines) is 2. The number of hydrogen-bond donors (Lipinski definition) is 0. The van der Waals surface area contributed by atoms with Crippen molar-refractivity contribution in [3.63, 3.8) is 0 Å². The summed E-state index contributed by atoms with van der Waals surface area (Å²) in [6.07, 6.45) is 7.66. The average molecular weight is 428 g/mol. The number of piperidine rings is 2. The van der Waals surface area contributed by atoms with E-state index in [4.69, 9.17) is 9.97 Å². The Kier molecular flexibility index (Phi) is 6.89. The van der Waals surface area contributed by atoms with Crippen molar-refractivity contribution in [2.45, 2.75) is 84.1 Å². The van der Waals surface area contributed by atoms with Gasteiger partial charge < -0.3 is 4.90 Å². The van der Waals surface area contributed by atoms with E-state index < -0.39 is 0 Å². The Labute approximate surface area is 186 Å². The maximum atomic E-state index is 12.9. The number of anilines is 1. The highest BCUT2D eigenvalue weighted by atomic mass is 16.2. The van der Waals surface area contributed by atoms with Gasteiger partial charge in [0.1, 0.15) is 11.6 Å². The molecule has 1 aromatic rings. The lowest BCUT2D eigenvalue weighted by molar-refractivity contribution is -0.134. The van der Waals surface area contributed by atoms with Gasteiger partial charge in [0.05, 0.1) is 6.54 Å². The van der Waals surface area contributed by atoms with Gasteiger partial charge in [-0.2, -0.15) is 0 Å². The summed E-state index contributed by atoms with van der Waals surface area (Å²) in [5.74, 6) is 2.37. The summed E-state index contributed by atoms with van der Waals surface area (Å²) < 4.78 is 0. The van der Waals surface area contributed by atoms with E-state index in [9.17, 15) is 9.59 Å². The first-order valence-corrected chi connectivity index (χ1v) is 12.2. The fourth-order valence-electron chi connectivity index (χ4n) is 5.29. The number of nitrogens with zero attached hydrogens (tertiary/aromatic N) is 5. The molecule has 0 saturated carbocycles. The van der Waals surface area contributed by atoms with Gasteiger partial charge in [-0.3, -0.25) is 19.4 Å². The molecule has 2 amide bonds. The first-order chi connectivity index (χ1) is 15.0. The summed E-state index contributed by atoms with van der Waals surface area (Å²) >= 11 is 0. The number of fused-ring (bicyclic) bond motifs is 1. The third-order valence-electron chi connectivity index (χ3n) is 7.29. The third-order valence-corrected chi connectivity index (χ3v) is 7.29. The second-order valence-corrected chi connectivity index (χ2v) is 9.49. The quantitative estimate of drug-likeness (QED) is 0.722. The second kappa shape index (κ2) is 9.63.